The highest BCUT2D eigenvalue weighted by Gasteiger charge is 2.35. The molecule has 0 bridgehead atoms. The SMILES string of the molecule is C1COCC(NC2CCCC2C2CCCN2)C1. The summed E-state index contributed by atoms with van der Waals surface area (Å²) in [5.41, 5.74) is 0. The van der Waals surface area contributed by atoms with Crippen LogP contribution in [0.3, 0.4) is 0 Å². The maximum absolute atomic E-state index is 5.57. The summed E-state index contributed by atoms with van der Waals surface area (Å²) >= 11 is 0. The van der Waals surface area contributed by atoms with Gasteiger partial charge in [-0.05, 0) is 51.0 Å². The molecule has 0 radical (unpaired) electrons. The second kappa shape index (κ2) is 5.68. The minimum absolute atomic E-state index is 0.621. The van der Waals surface area contributed by atoms with Crippen LogP contribution < -0.4 is 10.6 Å². The quantitative estimate of drug-likeness (QED) is 0.785. The van der Waals surface area contributed by atoms with Gasteiger partial charge in [-0.3, -0.25) is 0 Å². The molecule has 2 saturated heterocycles. The average molecular weight is 238 g/mol. The number of nitrogens with one attached hydrogen (secondary N) is 2. The van der Waals surface area contributed by atoms with Gasteiger partial charge in [0.05, 0.1) is 6.61 Å². The molecular weight excluding hydrogens is 212 g/mol. The Morgan fingerprint density at radius 2 is 2.00 bits per heavy atom. The van der Waals surface area contributed by atoms with Crippen molar-refractivity contribution >= 4 is 0 Å². The van der Waals surface area contributed by atoms with Crippen LogP contribution in [0.15, 0.2) is 0 Å². The van der Waals surface area contributed by atoms with Gasteiger partial charge >= 0.3 is 0 Å². The lowest BCUT2D eigenvalue weighted by molar-refractivity contribution is 0.0633. The Morgan fingerprint density at radius 3 is 2.76 bits per heavy atom. The second-order valence-corrected chi connectivity index (χ2v) is 5.98. The molecule has 2 heterocycles. The third-order valence-corrected chi connectivity index (χ3v) is 4.79. The van der Waals surface area contributed by atoms with E-state index in [1.54, 1.807) is 0 Å². The first-order valence-corrected chi connectivity index (χ1v) is 7.50. The van der Waals surface area contributed by atoms with Crippen LogP contribution in [0.4, 0.5) is 0 Å². The van der Waals surface area contributed by atoms with Crippen molar-refractivity contribution in [2.75, 3.05) is 19.8 Å². The van der Waals surface area contributed by atoms with E-state index in [2.05, 4.69) is 10.6 Å². The zero-order valence-corrected chi connectivity index (χ0v) is 10.8. The van der Waals surface area contributed by atoms with Crippen LogP contribution >= 0.6 is 0 Å². The summed E-state index contributed by atoms with van der Waals surface area (Å²) in [7, 11) is 0. The van der Waals surface area contributed by atoms with Crippen molar-refractivity contribution in [2.45, 2.75) is 63.1 Å². The fourth-order valence-electron chi connectivity index (χ4n) is 3.93. The van der Waals surface area contributed by atoms with Crippen molar-refractivity contribution in [3.63, 3.8) is 0 Å². The van der Waals surface area contributed by atoms with Gasteiger partial charge in [0.15, 0.2) is 0 Å². The van der Waals surface area contributed by atoms with E-state index in [1.807, 2.05) is 0 Å². The minimum Gasteiger partial charge on any atom is -0.380 e. The lowest BCUT2D eigenvalue weighted by Crippen LogP contribution is -2.48. The summed E-state index contributed by atoms with van der Waals surface area (Å²) in [5, 5.41) is 7.57. The highest BCUT2D eigenvalue weighted by Crippen LogP contribution is 2.32. The van der Waals surface area contributed by atoms with Gasteiger partial charge < -0.3 is 15.4 Å². The van der Waals surface area contributed by atoms with Crippen molar-refractivity contribution in [2.24, 2.45) is 5.92 Å². The monoisotopic (exact) mass is 238 g/mol. The van der Waals surface area contributed by atoms with Crippen LogP contribution in [0, 0.1) is 5.92 Å². The van der Waals surface area contributed by atoms with E-state index < -0.39 is 0 Å². The second-order valence-electron chi connectivity index (χ2n) is 5.98. The third kappa shape index (κ3) is 2.83. The molecule has 3 aliphatic rings. The Bertz CT molecular complexity index is 234. The molecule has 0 amide bonds. The molecule has 1 aliphatic carbocycles. The van der Waals surface area contributed by atoms with Crippen LogP contribution in [0.5, 0.6) is 0 Å². The molecule has 3 rings (SSSR count). The first-order chi connectivity index (χ1) is 8.43. The van der Waals surface area contributed by atoms with Crippen LogP contribution in [-0.4, -0.2) is 37.9 Å². The molecule has 3 heteroatoms. The largest absolute Gasteiger partial charge is 0.380 e. The first kappa shape index (κ1) is 11.9. The van der Waals surface area contributed by atoms with E-state index >= 15 is 0 Å². The standard InChI is InChI=1S/C14H26N2O/c1-5-12(13-7-2-8-15-13)14(6-1)16-11-4-3-9-17-10-11/h11-16H,1-10H2. The fraction of sp³-hybridized carbons (Fsp3) is 1.00. The Kier molecular flexibility index (Phi) is 3.99. The highest BCUT2D eigenvalue weighted by atomic mass is 16.5. The van der Waals surface area contributed by atoms with Crippen molar-refractivity contribution in [1.29, 1.82) is 0 Å². The van der Waals surface area contributed by atoms with Gasteiger partial charge in [0, 0.05) is 24.7 Å². The normalized spacial score (nSPS) is 43.1. The maximum Gasteiger partial charge on any atom is 0.0619 e. The molecule has 3 nitrogen and oxygen atoms in total. The maximum atomic E-state index is 5.57. The lowest BCUT2D eigenvalue weighted by Gasteiger charge is -2.32. The van der Waals surface area contributed by atoms with Gasteiger partial charge in [0.1, 0.15) is 0 Å². The summed E-state index contributed by atoms with van der Waals surface area (Å²) in [6.45, 7) is 3.14. The molecule has 4 unspecified atom stereocenters. The molecule has 1 saturated carbocycles. The Labute approximate surface area is 105 Å². The first-order valence-electron chi connectivity index (χ1n) is 7.50. The average Bonchev–Trinajstić information content (AvgIpc) is 3.00. The highest BCUT2D eigenvalue weighted by molar-refractivity contribution is 4.94. The lowest BCUT2D eigenvalue weighted by atomic mass is 9.92. The summed E-state index contributed by atoms with van der Waals surface area (Å²) in [5.74, 6) is 0.874. The molecule has 98 valence electrons. The van der Waals surface area contributed by atoms with Gasteiger partial charge in [-0.25, -0.2) is 0 Å². The summed E-state index contributed by atoms with van der Waals surface area (Å²) in [4.78, 5) is 0. The van der Waals surface area contributed by atoms with Gasteiger partial charge in [-0.1, -0.05) is 6.42 Å². The van der Waals surface area contributed by atoms with Gasteiger partial charge in [0.25, 0.3) is 0 Å². The Hall–Kier alpha value is -0.120. The van der Waals surface area contributed by atoms with Crippen molar-refractivity contribution in [3.05, 3.63) is 0 Å². The third-order valence-electron chi connectivity index (χ3n) is 4.79. The van der Waals surface area contributed by atoms with Crippen molar-refractivity contribution in [1.82, 2.24) is 10.6 Å². The molecule has 0 aromatic heterocycles. The zero-order chi connectivity index (χ0) is 11.5. The van der Waals surface area contributed by atoms with E-state index in [0.29, 0.717) is 6.04 Å². The smallest absolute Gasteiger partial charge is 0.0619 e. The summed E-state index contributed by atoms with van der Waals surface area (Å²) in [6, 6.07) is 2.16. The molecule has 0 aromatic carbocycles. The van der Waals surface area contributed by atoms with E-state index in [4.69, 9.17) is 4.74 Å². The molecule has 0 aromatic rings. The Balaban J connectivity index is 1.53. The number of hydrogen-bond acceptors (Lipinski definition) is 3. The number of hydrogen-bond donors (Lipinski definition) is 2. The fourth-order valence-corrected chi connectivity index (χ4v) is 3.93. The molecule has 2 aliphatic heterocycles. The molecule has 3 fully saturated rings. The van der Waals surface area contributed by atoms with Crippen LogP contribution in [0.2, 0.25) is 0 Å². The van der Waals surface area contributed by atoms with Gasteiger partial charge in [-0.15, -0.1) is 0 Å². The van der Waals surface area contributed by atoms with E-state index in [1.165, 1.54) is 51.5 Å². The molecule has 17 heavy (non-hydrogen) atoms. The molecule has 2 N–H and O–H groups in total. The van der Waals surface area contributed by atoms with Crippen molar-refractivity contribution in [3.8, 4) is 0 Å². The van der Waals surface area contributed by atoms with E-state index in [-0.39, 0.29) is 0 Å². The number of rotatable bonds is 3. The van der Waals surface area contributed by atoms with Gasteiger partial charge in [-0.2, -0.15) is 0 Å². The van der Waals surface area contributed by atoms with Crippen LogP contribution in [0.1, 0.15) is 44.9 Å². The van der Waals surface area contributed by atoms with E-state index in [0.717, 1.165) is 31.2 Å². The van der Waals surface area contributed by atoms with Crippen LogP contribution in [0.25, 0.3) is 0 Å². The van der Waals surface area contributed by atoms with Gasteiger partial charge in [0.2, 0.25) is 0 Å². The summed E-state index contributed by atoms with van der Waals surface area (Å²) in [6.07, 6.45) is 9.51. The number of ether oxygens (including phenoxy) is 1. The van der Waals surface area contributed by atoms with Crippen LogP contribution in [-0.2, 0) is 4.74 Å². The minimum atomic E-state index is 0.621. The van der Waals surface area contributed by atoms with Crippen molar-refractivity contribution < 1.29 is 4.74 Å². The van der Waals surface area contributed by atoms with E-state index in [9.17, 15) is 0 Å². The predicted octanol–water partition coefficient (Wildman–Crippen LogP) is 1.68. The summed E-state index contributed by atoms with van der Waals surface area (Å²) < 4.78 is 5.57. The predicted molar refractivity (Wildman–Crippen MR) is 69.1 cm³/mol. The zero-order valence-electron chi connectivity index (χ0n) is 10.8. The molecule has 4 atom stereocenters. The molecule has 0 spiro atoms. The topological polar surface area (TPSA) is 33.3 Å². The molecular formula is C14H26N2O. The Morgan fingerprint density at radius 1 is 1.00 bits per heavy atom.